The summed E-state index contributed by atoms with van der Waals surface area (Å²) < 4.78 is 0.567. The number of hydrogen-bond donors (Lipinski definition) is 3. The van der Waals surface area contributed by atoms with Gasteiger partial charge in [0.2, 0.25) is 0 Å². The third-order valence-corrected chi connectivity index (χ3v) is 2.59. The number of hydrogen-bond acceptors (Lipinski definition) is 4. The van der Waals surface area contributed by atoms with Gasteiger partial charge in [-0.05, 0) is 6.42 Å². The molecule has 0 radical (unpaired) electrons. The van der Waals surface area contributed by atoms with Crippen LogP contribution in [0.15, 0.2) is 6.07 Å². The second-order valence-electron chi connectivity index (χ2n) is 4.11. The number of aliphatic hydroxyl groups excluding tert-OH is 1. The molecule has 0 saturated carbocycles. The molecule has 0 bridgehead atoms. The number of anilines is 1. The lowest BCUT2D eigenvalue weighted by molar-refractivity contribution is 0.271. The molecule has 0 amide bonds. The number of H-pyrrole nitrogens is 1. The molecule has 0 saturated heterocycles. The molecular weight excluding hydrogens is 222 g/mol. The van der Waals surface area contributed by atoms with Gasteiger partial charge in [0.25, 0.3) is 0 Å². The fraction of sp³-hybridized carbons (Fsp3) is 0.636. The third kappa shape index (κ3) is 3.57. The van der Waals surface area contributed by atoms with Crippen LogP contribution >= 0.6 is 12.2 Å². The molecule has 16 heavy (non-hydrogen) atoms. The zero-order valence-electron chi connectivity index (χ0n) is 9.95. The number of nitrogens with one attached hydrogen (secondary N) is 2. The van der Waals surface area contributed by atoms with E-state index in [2.05, 4.69) is 29.1 Å². The lowest BCUT2D eigenvalue weighted by atomic mass is 10.2. The maximum absolute atomic E-state index is 9.12. The first-order chi connectivity index (χ1) is 7.56. The van der Waals surface area contributed by atoms with Gasteiger partial charge < -0.3 is 15.4 Å². The van der Waals surface area contributed by atoms with E-state index in [1.165, 1.54) is 0 Å². The topological polar surface area (TPSA) is 60.9 Å². The molecule has 1 heterocycles. The minimum absolute atomic E-state index is 0.0491. The summed E-state index contributed by atoms with van der Waals surface area (Å²) in [5.74, 6) is 1.99. The van der Waals surface area contributed by atoms with Crippen LogP contribution in [0.4, 0.5) is 5.82 Å². The van der Waals surface area contributed by atoms with E-state index in [4.69, 9.17) is 17.3 Å². The van der Waals surface area contributed by atoms with Crippen molar-refractivity contribution in [2.24, 2.45) is 0 Å². The highest BCUT2D eigenvalue weighted by Gasteiger charge is 2.07. The second kappa shape index (κ2) is 5.96. The maximum Gasteiger partial charge on any atom is 0.131 e. The summed E-state index contributed by atoms with van der Waals surface area (Å²) >= 11 is 5.10. The van der Waals surface area contributed by atoms with Crippen molar-refractivity contribution in [3.63, 3.8) is 0 Å². The molecule has 4 nitrogen and oxygen atoms in total. The molecule has 0 fully saturated rings. The highest BCUT2D eigenvalue weighted by atomic mass is 32.1. The van der Waals surface area contributed by atoms with Crippen LogP contribution in [0.5, 0.6) is 0 Å². The van der Waals surface area contributed by atoms with E-state index in [0.29, 0.717) is 10.6 Å². The summed E-state index contributed by atoms with van der Waals surface area (Å²) in [7, 11) is 0. The maximum atomic E-state index is 9.12. The Morgan fingerprint density at radius 3 is 2.75 bits per heavy atom. The van der Waals surface area contributed by atoms with Crippen LogP contribution in [0, 0.1) is 4.64 Å². The van der Waals surface area contributed by atoms with E-state index >= 15 is 0 Å². The van der Waals surface area contributed by atoms with Crippen LogP contribution in [-0.4, -0.2) is 27.7 Å². The first kappa shape index (κ1) is 13.1. The van der Waals surface area contributed by atoms with Gasteiger partial charge in [0.05, 0.1) is 12.6 Å². The molecular formula is C11H19N3OS. The highest BCUT2D eigenvalue weighted by molar-refractivity contribution is 7.71. The average molecular weight is 241 g/mol. The molecule has 3 N–H and O–H groups in total. The van der Waals surface area contributed by atoms with Gasteiger partial charge >= 0.3 is 0 Å². The van der Waals surface area contributed by atoms with E-state index in [1.54, 1.807) is 6.07 Å². The molecule has 1 aromatic rings. The summed E-state index contributed by atoms with van der Waals surface area (Å²) in [5.41, 5.74) is 0. The van der Waals surface area contributed by atoms with Gasteiger partial charge in [0.15, 0.2) is 0 Å². The Morgan fingerprint density at radius 2 is 2.25 bits per heavy atom. The normalized spacial score (nSPS) is 12.8. The lowest BCUT2D eigenvalue weighted by Gasteiger charge is -2.16. The van der Waals surface area contributed by atoms with Gasteiger partial charge in [-0.15, -0.1) is 0 Å². The molecule has 1 rings (SSSR count). The summed E-state index contributed by atoms with van der Waals surface area (Å²) in [6.45, 7) is 6.24. The summed E-state index contributed by atoms with van der Waals surface area (Å²) in [6.07, 6.45) is 0.858. The Hall–Kier alpha value is -0.940. The van der Waals surface area contributed by atoms with Gasteiger partial charge in [-0.25, -0.2) is 4.98 Å². The smallest absolute Gasteiger partial charge is 0.131 e. The first-order valence-corrected chi connectivity index (χ1v) is 5.96. The number of aliphatic hydroxyl groups is 1. The van der Waals surface area contributed by atoms with Crippen LogP contribution in [0.25, 0.3) is 0 Å². The zero-order valence-corrected chi connectivity index (χ0v) is 10.8. The number of nitrogens with zero attached hydrogens (tertiary/aromatic N) is 1. The molecule has 90 valence electrons. The molecule has 0 aliphatic heterocycles. The van der Waals surface area contributed by atoms with Crippen molar-refractivity contribution < 1.29 is 5.11 Å². The predicted octanol–water partition coefficient (Wildman–Crippen LogP) is 2.45. The lowest BCUT2D eigenvalue weighted by Crippen LogP contribution is -2.23. The van der Waals surface area contributed by atoms with Gasteiger partial charge in [-0.2, -0.15) is 0 Å². The quantitative estimate of drug-likeness (QED) is 0.693. The number of aromatic nitrogens is 2. The average Bonchev–Trinajstić information content (AvgIpc) is 2.25. The Bertz CT molecular complexity index is 385. The summed E-state index contributed by atoms with van der Waals surface area (Å²) in [5, 5.41) is 12.3. The van der Waals surface area contributed by atoms with Crippen LogP contribution in [0.3, 0.4) is 0 Å². The molecule has 0 aliphatic carbocycles. The van der Waals surface area contributed by atoms with Gasteiger partial charge in [-0.3, -0.25) is 0 Å². The third-order valence-electron chi connectivity index (χ3n) is 2.38. The Labute approximate surface area is 101 Å². The fourth-order valence-corrected chi connectivity index (χ4v) is 1.54. The van der Waals surface area contributed by atoms with Crippen molar-refractivity contribution in [2.45, 2.75) is 39.2 Å². The molecule has 1 atom stereocenters. The van der Waals surface area contributed by atoms with Crippen LogP contribution < -0.4 is 5.32 Å². The Kier molecular flexibility index (Phi) is 4.89. The van der Waals surface area contributed by atoms with Crippen molar-refractivity contribution in [2.75, 3.05) is 11.9 Å². The van der Waals surface area contributed by atoms with Crippen molar-refractivity contribution >= 4 is 18.0 Å². The molecule has 0 spiro atoms. The van der Waals surface area contributed by atoms with Gasteiger partial charge in [0.1, 0.15) is 16.3 Å². The Morgan fingerprint density at radius 1 is 1.56 bits per heavy atom. The SMILES string of the molecule is CCC(CO)Nc1cc(=S)nc(C(C)C)[nH]1. The number of aromatic amines is 1. The fourth-order valence-electron chi connectivity index (χ4n) is 1.32. The van der Waals surface area contributed by atoms with E-state index < -0.39 is 0 Å². The van der Waals surface area contributed by atoms with Crippen LogP contribution in [0.2, 0.25) is 0 Å². The van der Waals surface area contributed by atoms with E-state index in [0.717, 1.165) is 18.1 Å². The molecule has 1 aromatic heterocycles. The predicted molar refractivity (Wildman–Crippen MR) is 68.3 cm³/mol. The minimum Gasteiger partial charge on any atom is -0.394 e. The largest absolute Gasteiger partial charge is 0.394 e. The van der Waals surface area contributed by atoms with Crippen molar-refractivity contribution in [1.82, 2.24) is 9.97 Å². The van der Waals surface area contributed by atoms with Crippen molar-refractivity contribution in [3.8, 4) is 0 Å². The van der Waals surface area contributed by atoms with E-state index in [1.807, 2.05) is 6.92 Å². The monoisotopic (exact) mass is 241 g/mol. The second-order valence-corrected chi connectivity index (χ2v) is 4.52. The highest BCUT2D eigenvalue weighted by Crippen LogP contribution is 2.13. The van der Waals surface area contributed by atoms with E-state index in [9.17, 15) is 0 Å². The van der Waals surface area contributed by atoms with E-state index in [-0.39, 0.29) is 12.6 Å². The molecule has 1 unspecified atom stereocenters. The molecule has 0 aromatic carbocycles. The van der Waals surface area contributed by atoms with Crippen LogP contribution in [0.1, 0.15) is 38.9 Å². The van der Waals surface area contributed by atoms with Gasteiger partial charge in [-0.1, -0.05) is 33.0 Å². The van der Waals surface area contributed by atoms with Crippen molar-refractivity contribution in [3.05, 3.63) is 16.5 Å². The van der Waals surface area contributed by atoms with Crippen LogP contribution in [-0.2, 0) is 0 Å². The summed E-state index contributed by atoms with van der Waals surface area (Å²) in [6, 6.07) is 1.83. The number of rotatable bonds is 5. The standard InChI is InChI=1S/C11H19N3OS/c1-4-8(6-15)12-9-5-10(16)14-11(13-9)7(2)3/h5,7-8,15H,4,6H2,1-3H3,(H2,12,13,14,16). The summed E-state index contributed by atoms with van der Waals surface area (Å²) in [4.78, 5) is 7.43. The molecule has 5 heteroatoms. The zero-order chi connectivity index (χ0) is 12.1. The minimum atomic E-state index is 0.0491. The Balaban J connectivity index is 2.92. The van der Waals surface area contributed by atoms with Gasteiger partial charge in [0, 0.05) is 12.0 Å². The first-order valence-electron chi connectivity index (χ1n) is 5.55. The van der Waals surface area contributed by atoms with Crippen molar-refractivity contribution in [1.29, 1.82) is 0 Å². The molecule has 0 aliphatic rings.